The smallest absolute Gasteiger partial charge is 0.272 e. The second kappa shape index (κ2) is 7.03. The van der Waals surface area contributed by atoms with Gasteiger partial charge in [-0.25, -0.2) is 4.98 Å². The van der Waals surface area contributed by atoms with Crippen LogP contribution in [0, 0.1) is 0 Å². The molecule has 6 nitrogen and oxygen atoms in total. The quantitative estimate of drug-likeness (QED) is 0.721. The Kier molecular flexibility index (Phi) is 4.62. The van der Waals surface area contributed by atoms with E-state index in [0.717, 1.165) is 50.0 Å². The average Bonchev–Trinajstić information content (AvgIpc) is 3.22. The number of hydrogen-bond acceptors (Lipinski definition) is 5. The molecule has 0 unspecified atom stereocenters. The number of aryl methyl sites for hydroxylation is 3. The van der Waals surface area contributed by atoms with Crippen LogP contribution in [-0.2, 0) is 32.2 Å². The van der Waals surface area contributed by atoms with E-state index in [2.05, 4.69) is 20.8 Å². The number of fused-ring (bicyclic) bond motifs is 2. The number of nitrogens with one attached hydrogen (secondary N) is 3. The molecule has 0 saturated carbocycles. The summed E-state index contributed by atoms with van der Waals surface area (Å²) < 4.78 is 0. The molecule has 1 aliphatic carbocycles. The van der Waals surface area contributed by atoms with Gasteiger partial charge in [-0.2, -0.15) is 5.10 Å². The lowest BCUT2D eigenvalue weighted by molar-refractivity contribution is 0.0947. The van der Waals surface area contributed by atoms with Gasteiger partial charge in [0.2, 0.25) is 0 Å². The van der Waals surface area contributed by atoms with Gasteiger partial charge in [-0.05, 0) is 32.1 Å². The fourth-order valence-corrected chi connectivity index (χ4v) is 4.65. The van der Waals surface area contributed by atoms with Crippen LogP contribution in [0.4, 0.5) is 0 Å². The minimum absolute atomic E-state index is 0.0744. The molecule has 3 heterocycles. The van der Waals surface area contributed by atoms with Crippen LogP contribution in [0.5, 0.6) is 0 Å². The largest absolute Gasteiger partial charge is 0.351 e. The van der Waals surface area contributed by atoms with Gasteiger partial charge in [0.05, 0.1) is 10.7 Å². The predicted octanol–water partition coefficient (Wildman–Crippen LogP) is 1.75. The zero-order valence-electron chi connectivity index (χ0n) is 13.8. The second-order valence-electron chi connectivity index (χ2n) is 6.50. The molecule has 24 heavy (non-hydrogen) atoms. The molecule has 0 atom stereocenters. The van der Waals surface area contributed by atoms with Crippen molar-refractivity contribution in [2.45, 2.75) is 51.5 Å². The number of aromatic amines is 1. The summed E-state index contributed by atoms with van der Waals surface area (Å²) in [6, 6.07) is 0. The van der Waals surface area contributed by atoms with Crippen molar-refractivity contribution in [3.8, 4) is 0 Å². The van der Waals surface area contributed by atoms with Gasteiger partial charge >= 0.3 is 0 Å². The zero-order valence-corrected chi connectivity index (χ0v) is 14.6. The Morgan fingerprint density at radius 3 is 3.08 bits per heavy atom. The molecule has 2 aromatic heterocycles. The molecule has 0 aromatic carbocycles. The molecular weight excluding hydrogens is 322 g/mol. The van der Waals surface area contributed by atoms with Gasteiger partial charge in [0.25, 0.3) is 5.91 Å². The highest BCUT2D eigenvalue weighted by Gasteiger charge is 2.21. The third kappa shape index (κ3) is 3.23. The molecule has 0 fully saturated rings. The van der Waals surface area contributed by atoms with Gasteiger partial charge in [0, 0.05) is 48.6 Å². The van der Waals surface area contributed by atoms with Crippen LogP contribution >= 0.6 is 11.3 Å². The number of rotatable bonds is 5. The highest BCUT2D eigenvalue weighted by Crippen LogP contribution is 2.27. The van der Waals surface area contributed by atoms with Crippen molar-refractivity contribution in [1.82, 2.24) is 25.8 Å². The third-order valence-electron chi connectivity index (χ3n) is 4.76. The van der Waals surface area contributed by atoms with Crippen molar-refractivity contribution in [2.24, 2.45) is 0 Å². The van der Waals surface area contributed by atoms with E-state index < -0.39 is 0 Å². The summed E-state index contributed by atoms with van der Waals surface area (Å²) in [5.41, 5.74) is 3.97. The number of aromatic nitrogens is 3. The predicted molar refractivity (Wildman–Crippen MR) is 93.4 cm³/mol. The Bertz CT molecular complexity index is 712. The molecule has 1 amide bonds. The highest BCUT2D eigenvalue weighted by molar-refractivity contribution is 7.11. The van der Waals surface area contributed by atoms with E-state index in [1.165, 1.54) is 34.8 Å². The first kappa shape index (κ1) is 15.8. The maximum atomic E-state index is 12.3. The molecule has 0 spiro atoms. The molecule has 0 saturated heterocycles. The van der Waals surface area contributed by atoms with E-state index >= 15 is 0 Å². The minimum Gasteiger partial charge on any atom is -0.351 e. The van der Waals surface area contributed by atoms with Gasteiger partial charge in [-0.3, -0.25) is 9.89 Å². The van der Waals surface area contributed by atoms with Gasteiger partial charge in [0.15, 0.2) is 5.69 Å². The topological polar surface area (TPSA) is 82.7 Å². The molecule has 128 valence electrons. The van der Waals surface area contributed by atoms with Crippen molar-refractivity contribution in [3.63, 3.8) is 0 Å². The number of carbonyl (C=O) groups excluding carboxylic acids is 1. The van der Waals surface area contributed by atoms with E-state index in [0.29, 0.717) is 12.2 Å². The van der Waals surface area contributed by atoms with Gasteiger partial charge in [-0.1, -0.05) is 0 Å². The monoisotopic (exact) mass is 345 g/mol. The highest BCUT2D eigenvalue weighted by atomic mass is 32.1. The molecule has 0 bridgehead atoms. The normalized spacial score (nSPS) is 16.5. The van der Waals surface area contributed by atoms with Gasteiger partial charge in [0.1, 0.15) is 0 Å². The van der Waals surface area contributed by atoms with E-state index in [4.69, 9.17) is 4.98 Å². The molecule has 0 radical (unpaired) electrons. The first-order valence-corrected chi connectivity index (χ1v) is 9.65. The van der Waals surface area contributed by atoms with Crippen molar-refractivity contribution in [1.29, 1.82) is 0 Å². The van der Waals surface area contributed by atoms with Crippen molar-refractivity contribution in [3.05, 3.63) is 32.5 Å². The van der Waals surface area contributed by atoms with Gasteiger partial charge < -0.3 is 10.6 Å². The standard InChI is InChI=1S/C17H23N5OS/c23-17(16-11-10-18-9-7-12(11)21-22-16)19-8-3-6-15-20-13-4-1-2-5-14(13)24-15/h18H,1-10H2,(H,19,23)(H,21,22). The molecular formula is C17H23N5OS. The Morgan fingerprint density at radius 1 is 1.25 bits per heavy atom. The first-order valence-electron chi connectivity index (χ1n) is 8.84. The summed E-state index contributed by atoms with van der Waals surface area (Å²) in [7, 11) is 0. The zero-order chi connectivity index (χ0) is 16.4. The fraction of sp³-hybridized carbons (Fsp3) is 0.588. The van der Waals surface area contributed by atoms with Crippen molar-refractivity contribution >= 4 is 17.2 Å². The maximum absolute atomic E-state index is 12.3. The number of nitrogens with zero attached hydrogens (tertiary/aromatic N) is 2. The molecule has 4 rings (SSSR count). The van der Waals surface area contributed by atoms with Crippen molar-refractivity contribution < 1.29 is 4.79 Å². The summed E-state index contributed by atoms with van der Waals surface area (Å²) in [5.74, 6) is -0.0744. The lowest BCUT2D eigenvalue weighted by Crippen LogP contribution is -2.29. The molecule has 3 N–H and O–H groups in total. The Labute approximate surface area is 145 Å². The van der Waals surface area contributed by atoms with Crippen LogP contribution in [0.2, 0.25) is 0 Å². The van der Waals surface area contributed by atoms with Gasteiger partial charge in [-0.15, -0.1) is 11.3 Å². The molecule has 2 aromatic rings. The minimum atomic E-state index is -0.0744. The van der Waals surface area contributed by atoms with Crippen LogP contribution in [0.1, 0.15) is 56.6 Å². The van der Waals surface area contributed by atoms with Crippen LogP contribution in [0.3, 0.4) is 0 Å². The third-order valence-corrected chi connectivity index (χ3v) is 5.98. The lowest BCUT2D eigenvalue weighted by atomic mass is 10.0. The summed E-state index contributed by atoms with van der Waals surface area (Å²) in [4.78, 5) is 18.6. The van der Waals surface area contributed by atoms with Crippen molar-refractivity contribution in [2.75, 3.05) is 13.1 Å². The number of H-pyrrole nitrogens is 1. The second-order valence-corrected chi connectivity index (χ2v) is 7.67. The first-order chi connectivity index (χ1) is 11.8. The molecule has 1 aliphatic heterocycles. The number of hydrogen-bond donors (Lipinski definition) is 3. The molecule has 7 heteroatoms. The summed E-state index contributed by atoms with van der Waals surface area (Å²) in [6.45, 7) is 2.32. The number of thiazole rings is 1. The Balaban J connectivity index is 1.27. The van der Waals surface area contributed by atoms with E-state index in [9.17, 15) is 4.79 Å². The summed E-state index contributed by atoms with van der Waals surface area (Å²) in [6.07, 6.45) is 7.68. The lowest BCUT2D eigenvalue weighted by Gasteiger charge is -2.12. The molecule has 2 aliphatic rings. The van der Waals surface area contributed by atoms with Crippen LogP contribution in [-0.4, -0.2) is 34.2 Å². The van der Waals surface area contributed by atoms with Crippen LogP contribution in [0.25, 0.3) is 0 Å². The average molecular weight is 345 g/mol. The Hall–Kier alpha value is -1.73. The van der Waals surface area contributed by atoms with E-state index in [1.807, 2.05) is 11.3 Å². The maximum Gasteiger partial charge on any atom is 0.272 e. The van der Waals surface area contributed by atoms with E-state index in [-0.39, 0.29) is 5.91 Å². The van der Waals surface area contributed by atoms with Crippen LogP contribution < -0.4 is 10.6 Å². The van der Waals surface area contributed by atoms with Crippen LogP contribution in [0.15, 0.2) is 0 Å². The van der Waals surface area contributed by atoms with E-state index in [1.54, 1.807) is 0 Å². The summed E-state index contributed by atoms with van der Waals surface area (Å²) in [5, 5.41) is 14.7. The summed E-state index contributed by atoms with van der Waals surface area (Å²) >= 11 is 1.86. The fourth-order valence-electron chi connectivity index (χ4n) is 3.45. The number of amides is 1. The Morgan fingerprint density at radius 2 is 2.17 bits per heavy atom. The SMILES string of the molecule is O=C(NCCCc1nc2c(s1)CCCC2)c1n[nH]c2c1CNCC2. The number of carbonyl (C=O) groups is 1.